The van der Waals surface area contributed by atoms with Gasteiger partial charge < -0.3 is 5.73 Å². The van der Waals surface area contributed by atoms with Crippen molar-refractivity contribution in [3.63, 3.8) is 0 Å². The van der Waals surface area contributed by atoms with Gasteiger partial charge in [-0.15, -0.1) is 0 Å². The topological polar surface area (TPSA) is 75.4 Å². The second-order valence-corrected chi connectivity index (χ2v) is 5.72. The number of nitrogens with one attached hydrogen (secondary N) is 1. The minimum atomic E-state index is -3.42. The van der Waals surface area contributed by atoms with Crippen LogP contribution in [-0.2, 0) is 16.8 Å². The molecular weight excluding hydrogens is 250 g/mol. The van der Waals surface area contributed by atoms with E-state index in [1.807, 2.05) is 30.3 Å². The molecule has 0 aliphatic heterocycles. The van der Waals surface area contributed by atoms with Crippen LogP contribution in [0.4, 0.5) is 0 Å². The maximum absolute atomic E-state index is 12.0. The number of rotatable bonds is 8. The summed E-state index contributed by atoms with van der Waals surface area (Å²) in [6.07, 6.45) is 0.650. The van der Waals surface area contributed by atoms with Crippen molar-refractivity contribution in [3.05, 3.63) is 35.9 Å². The molecule has 0 unspecified atom stereocenters. The molecule has 0 atom stereocenters. The van der Waals surface area contributed by atoms with Crippen LogP contribution in [0, 0.1) is 0 Å². The third-order valence-corrected chi connectivity index (χ3v) is 4.13. The van der Waals surface area contributed by atoms with E-state index in [0.717, 1.165) is 5.56 Å². The first-order valence-corrected chi connectivity index (χ1v) is 7.53. The van der Waals surface area contributed by atoms with Crippen molar-refractivity contribution in [1.29, 1.82) is 0 Å². The SMILES string of the molecule is CCNS(=O)(=O)N(CCCN)Cc1ccccc1. The molecule has 0 radical (unpaired) electrons. The Morgan fingerprint density at radius 3 is 2.50 bits per heavy atom. The maximum Gasteiger partial charge on any atom is 0.279 e. The summed E-state index contributed by atoms with van der Waals surface area (Å²) in [5.41, 5.74) is 6.41. The van der Waals surface area contributed by atoms with Gasteiger partial charge in [0.25, 0.3) is 10.2 Å². The van der Waals surface area contributed by atoms with Gasteiger partial charge in [-0.05, 0) is 18.5 Å². The Hall–Kier alpha value is -0.950. The van der Waals surface area contributed by atoms with E-state index in [2.05, 4.69) is 4.72 Å². The molecular formula is C12H21N3O2S. The normalized spacial score (nSPS) is 11.9. The van der Waals surface area contributed by atoms with E-state index in [1.54, 1.807) is 6.92 Å². The van der Waals surface area contributed by atoms with E-state index in [4.69, 9.17) is 5.73 Å². The number of nitrogens with zero attached hydrogens (tertiary/aromatic N) is 1. The number of benzene rings is 1. The summed E-state index contributed by atoms with van der Waals surface area (Å²) < 4.78 is 28.0. The van der Waals surface area contributed by atoms with E-state index >= 15 is 0 Å². The molecule has 1 aromatic carbocycles. The monoisotopic (exact) mass is 271 g/mol. The van der Waals surface area contributed by atoms with Crippen LogP contribution in [0.5, 0.6) is 0 Å². The fourth-order valence-electron chi connectivity index (χ4n) is 1.61. The van der Waals surface area contributed by atoms with Crippen LogP contribution in [0.15, 0.2) is 30.3 Å². The molecule has 0 aliphatic rings. The van der Waals surface area contributed by atoms with Gasteiger partial charge in [0.1, 0.15) is 0 Å². The number of nitrogens with two attached hydrogens (primary N) is 1. The Bertz CT molecular complexity index is 434. The highest BCUT2D eigenvalue weighted by Gasteiger charge is 2.20. The van der Waals surface area contributed by atoms with Crippen LogP contribution < -0.4 is 10.5 Å². The lowest BCUT2D eigenvalue weighted by molar-refractivity contribution is 0.395. The first kappa shape index (κ1) is 15.1. The van der Waals surface area contributed by atoms with Crippen molar-refractivity contribution in [2.24, 2.45) is 5.73 Å². The fraction of sp³-hybridized carbons (Fsp3) is 0.500. The molecule has 0 saturated carbocycles. The van der Waals surface area contributed by atoms with Crippen molar-refractivity contribution >= 4 is 10.2 Å². The zero-order valence-corrected chi connectivity index (χ0v) is 11.5. The standard InChI is InChI=1S/C12H21N3O2S/c1-2-14-18(16,17)15(10-6-9-13)11-12-7-4-3-5-8-12/h3-5,7-8,14H,2,6,9-11,13H2,1H3. The molecule has 0 aliphatic carbocycles. The molecule has 1 aromatic rings. The quantitative estimate of drug-likeness (QED) is 0.730. The van der Waals surface area contributed by atoms with Gasteiger partial charge in [-0.25, -0.2) is 4.72 Å². The van der Waals surface area contributed by atoms with Gasteiger partial charge in [0.15, 0.2) is 0 Å². The Labute approximate surface area is 109 Å². The van der Waals surface area contributed by atoms with E-state index in [0.29, 0.717) is 32.6 Å². The zero-order chi connectivity index (χ0) is 13.4. The zero-order valence-electron chi connectivity index (χ0n) is 10.7. The summed E-state index contributed by atoms with van der Waals surface area (Å²) in [6, 6.07) is 9.53. The molecule has 0 bridgehead atoms. The summed E-state index contributed by atoms with van der Waals surface area (Å²) in [4.78, 5) is 0. The van der Waals surface area contributed by atoms with E-state index in [1.165, 1.54) is 4.31 Å². The summed E-state index contributed by atoms with van der Waals surface area (Å²) >= 11 is 0. The molecule has 1 rings (SSSR count). The summed E-state index contributed by atoms with van der Waals surface area (Å²) in [5, 5.41) is 0. The van der Waals surface area contributed by atoms with Gasteiger partial charge >= 0.3 is 0 Å². The van der Waals surface area contributed by atoms with Gasteiger partial charge in [-0.2, -0.15) is 12.7 Å². The van der Waals surface area contributed by atoms with Crippen LogP contribution in [0.25, 0.3) is 0 Å². The molecule has 0 amide bonds. The Kier molecular flexibility index (Phi) is 6.28. The molecule has 102 valence electrons. The largest absolute Gasteiger partial charge is 0.330 e. The molecule has 6 heteroatoms. The summed E-state index contributed by atoms with van der Waals surface area (Å²) in [5.74, 6) is 0. The van der Waals surface area contributed by atoms with Crippen molar-refractivity contribution < 1.29 is 8.42 Å². The maximum atomic E-state index is 12.0. The smallest absolute Gasteiger partial charge is 0.279 e. The average molecular weight is 271 g/mol. The van der Waals surface area contributed by atoms with Gasteiger partial charge in [0.2, 0.25) is 0 Å². The lowest BCUT2D eigenvalue weighted by atomic mass is 10.2. The van der Waals surface area contributed by atoms with Crippen molar-refractivity contribution in [2.45, 2.75) is 19.9 Å². The van der Waals surface area contributed by atoms with Crippen molar-refractivity contribution in [1.82, 2.24) is 9.03 Å². The lowest BCUT2D eigenvalue weighted by Crippen LogP contribution is -2.41. The number of hydrogen-bond acceptors (Lipinski definition) is 3. The summed E-state index contributed by atoms with van der Waals surface area (Å²) in [7, 11) is -3.42. The predicted molar refractivity (Wildman–Crippen MR) is 73.1 cm³/mol. The highest BCUT2D eigenvalue weighted by Crippen LogP contribution is 2.08. The first-order valence-electron chi connectivity index (χ1n) is 6.09. The average Bonchev–Trinajstić information content (AvgIpc) is 2.35. The molecule has 18 heavy (non-hydrogen) atoms. The third-order valence-electron chi connectivity index (χ3n) is 2.48. The van der Waals surface area contributed by atoms with E-state index in [9.17, 15) is 8.42 Å². The fourth-order valence-corrected chi connectivity index (χ4v) is 2.85. The van der Waals surface area contributed by atoms with Gasteiger partial charge in [0.05, 0.1) is 0 Å². The molecule has 0 fully saturated rings. The highest BCUT2D eigenvalue weighted by molar-refractivity contribution is 7.87. The van der Waals surface area contributed by atoms with Crippen LogP contribution in [-0.4, -0.2) is 32.4 Å². The van der Waals surface area contributed by atoms with Gasteiger partial charge in [0, 0.05) is 19.6 Å². The van der Waals surface area contributed by atoms with Crippen LogP contribution in [0.1, 0.15) is 18.9 Å². The van der Waals surface area contributed by atoms with Crippen molar-refractivity contribution in [2.75, 3.05) is 19.6 Å². The molecule has 0 saturated heterocycles. The number of hydrogen-bond donors (Lipinski definition) is 2. The molecule has 0 heterocycles. The highest BCUT2D eigenvalue weighted by atomic mass is 32.2. The second kappa shape index (κ2) is 7.48. The lowest BCUT2D eigenvalue weighted by Gasteiger charge is -2.22. The molecule has 0 spiro atoms. The van der Waals surface area contributed by atoms with Gasteiger partial charge in [-0.1, -0.05) is 37.3 Å². The van der Waals surface area contributed by atoms with E-state index in [-0.39, 0.29) is 0 Å². The molecule has 3 N–H and O–H groups in total. The van der Waals surface area contributed by atoms with Crippen molar-refractivity contribution in [3.8, 4) is 0 Å². The minimum absolute atomic E-state index is 0.371. The second-order valence-electron chi connectivity index (χ2n) is 3.96. The minimum Gasteiger partial charge on any atom is -0.330 e. The Balaban J connectivity index is 2.78. The predicted octanol–water partition coefficient (Wildman–Crippen LogP) is 0.692. The molecule has 5 nitrogen and oxygen atoms in total. The van der Waals surface area contributed by atoms with E-state index < -0.39 is 10.2 Å². The first-order chi connectivity index (χ1) is 8.60. The summed E-state index contributed by atoms with van der Waals surface area (Å²) in [6.45, 7) is 3.43. The third kappa shape index (κ3) is 4.73. The Morgan fingerprint density at radius 1 is 1.28 bits per heavy atom. The van der Waals surface area contributed by atoms with Crippen LogP contribution in [0.2, 0.25) is 0 Å². The van der Waals surface area contributed by atoms with Crippen LogP contribution in [0.3, 0.4) is 0 Å². The van der Waals surface area contributed by atoms with Gasteiger partial charge in [-0.3, -0.25) is 0 Å². The Morgan fingerprint density at radius 2 is 1.94 bits per heavy atom. The molecule has 0 aromatic heterocycles. The van der Waals surface area contributed by atoms with Crippen LogP contribution >= 0.6 is 0 Å².